The first kappa shape index (κ1) is 28.5. The number of fused-ring (bicyclic) bond motifs is 12. The van der Waals surface area contributed by atoms with Gasteiger partial charge in [0.25, 0.3) is 0 Å². The fraction of sp³-hybridized carbons (Fsp3) is 0.0638. The van der Waals surface area contributed by atoms with Crippen LogP contribution in [0.25, 0.3) is 66.1 Å². The molecule has 0 heterocycles. The first-order valence-electron chi connectivity index (χ1n) is 17.0. The third-order valence-corrected chi connectivity index (χ3v) is 12.5. The highest BCUT2D eigenvalue weighted by molar-refractivity contribution is 7.70. The highest BCUT2D eigenvalue weighted by Crippen LogP contribution is 2.64. The van der Waals surface area contributed by atoms with Crippen molar-refractivity contribution in [3.63, 3.8) is 0 Å². The van der Waals surface area contributed by atoms with Crippen LogP contribution in [-0.2, 0) is 9.98 Å². The van der Waals surface area contributed by atoms with Crippen molar-refractivity contribution in [3.05, 3.63) is 186 Å². The lowest BCUT2D eigenvalue weighted by molar-refractivity contribution is 0.588. The summed E-state index contributed by atoms with van der Waals surface area (Å²) in [6, 6.07) is 60.5. The van der Waals surface area contributed by atoms with Crippen LogP contribution in [0.2, 0.25) is 0 Å². The first-order chi connectivity index (χ1) is 23.9. The maximum atomic E-state index is 12.5. The van der Waals surface area contributed by atoms with Gasteiger partial charge in [0.15, 0.2) is 0 Å². The second-order valence-corrected chi connectivity index (χ2v) is 17.2. The largest absolute Gasteiger partial charge is 0.319 e. The lowest BCUT2D eigenvalue weighted by Crippen LogP contribution is -2.25. The molecule has 0 radical (unpaired) electrons. The van der Waals surface area contributed by atoms with Gasteiger partial charge in [0.1, 0.15) is 7.14 Å². The van der Waals surface area contributed by atoms with Gasteiger partial charge in [-0.3, -0.25) is 0 Å². The van der Waals surface area contributed by atoms with E-state index in [1.165, 1.54) is 77.2 Å². The van der Waals surface area contributed by atoms with Gasteiger partial charge in [-0.2, -0.15) is 0 Å². The molecule has 232 valence electrons. The van der Waals surface area contributed by atoms with Crippen molar-refractivity contribution in [2.45, 2.75) is 5.41 Å². The minimum Gasteiger partial charge on any atom is -0.319 e. The SMILES string of the molecule is CP(C)(=O)c1ccc(-c2ccc(-c3ccc4c(c3)-c3cc5ccccc5cc3C43c4ccccc4-c4cc5ccccc5cc43)cc2)cc1. The average molecular weight is 645 g/mol. The summed E-state index contributed by atoms with van der Waals surface area (Å²) in [7, 11) is -2.28. The van der Waals surface area contributed by atoms with E-state index in [1.807, 2.05) is 25.5 Å². The summed E-state index contributed by atoms with van der Waals surface area (Å²) in [6.07, 6.45) is 0. The van der Waals surface area contributed by atoms with Crippen LogP contribution in [0.15, 0.2) is 164 Å². The van der Waals surface area contributed by atoms with Crippen LogP contribution in [0.3, 0.4) is 0 Å². The van der Waals surface area contributed by atoms with Crippen LogP contribution in [0.5, 0.6) is 0 Å². The molecule has 0 amide bonds. The zero-order valence-electron chi connectivity index (χ0n) is 27.4. The predicted octanol–water partition coefficient (Wildman–Crippen LogP) is 11.9. The Kier molecular flexibility index (Phi) is 5.97. The highest BCUT2D eigenvalue weighted by atomic mass is 31.2. The molecule has 0 fully saturated rings. The van der Waals surface area contributed by atoms with Crippen molar-refractivity contribution < 1.29 is 4.57 Å². The van der Waals surface area contributed by atoms with Gasteiger partial charge in [0, 0.05) is 5.30 Å². The minimum absolute atomic E-state index is 0.403. The fourth-order valence-electron chi connectivity index (χ4n) is 8.60. The maximum Gasteiger partial charge on any atom is 0.109 e. The molecule has 2 aliphatic carbocycles. The number of hydrogen-bond donors (Lipinski definition) is 0. The summed E-state index contributed by atoms with van der Waals surface area (Å²) in [5.74, 6) is 0. The van der Waals surface area contributed by atoms with Gasteiger partial charge in [-0.15, -0.1) is 0 Å². The molecule has 1 spiro atoms. The van der Waals surface area contributed by atoms with Gasteiger partial charge in [-0.1, -0.05) is 133 Å². The summed E-state index contributed by atoms with van der Waals surface area (Å²) in [4.78, 5) is 0. The summed E-state index contributed by atoms with van der Waals surface area (Å²) in [5.41, 5.74) is 15.0. The minimum atomic E-state index is -2.28. The second kappa shape index (κ2) is 10.3. The molecule has 8 aromatic rings. The van der Waals surface area contributed by atoms with Gasteiger partial charge < -0.3 is 4.57 Å². The van der Waals surface area contributed by atoms with Crippen LogP contribution in [0, 0.1) is 0 Å². The Morgan fingerprint density at radius 2 is 0.776 bits per heavy atom. The maximum absolute atomic E-state index is 12.5. The van der Waals surface area contributed by atoms with Gasteiger partial charge in [-0.25, -0.2) is 0 Å². The standard InChI is InChI=1S/C47H33OP/c1-49(2,48)38-22-19-31(20-23-38)30-15-17-32(18-16-30)37-21-24-44-41(27-37)42-26-34-10-4-6-12-36(34)29-46(42)47(44)43-14-8-7-13-39(43)40-25-33-9-3-5-11-35(33)28-45(40)47/h3-29H,1-2H3. The summed E-state index contributed by atoms with van der Waals surface area (Å²) in [5, 5.41) is 5.99. The Morgan fingerprint density at radius 3 is 1.35 bits per heavy atom. The number of hydrogen-bond acceptors (Lipinski definition) is 1. The van der Waals surface area contributed by atoms with Crippen molar-refractivity contribution in [1.29, 1.82) is 0 Å². The second-order valence-electron chi connectivity index (χ2n) is 14.0. The number of benzene rings is 8. The Balaban J connectivity index is 1.18. The third kappa shape index (κ3) is 4.10. The molecule has 0 saturated heterocycles. The third-order valence-electron chi connectivity index (χ3n) is 11.0. The topological polar surface area (TPSA) is 17.1 Å². The van der Waals surface area contributed by atoms with Crippen LogP contribution in [0.4, 0.5) is 0 Å². The Morgan fingerprint density at radius 1 is 0.367 bits per heavy atom. The Hall–Kier alpha value is -5.49. The lowest BCUT2D eigenvalue weighted by atomic mass is 9.70. The predicted molar refractivity (Wildman–Crippen MR) is 208 cm³/mol. The fourth-order valence-corrected chi connectivity index (χ4v) is 9.47. The van der Waals surface area contributed by atoms with E-state index in [4.69, 9.17) is 0 Å². The van der Waals surface area contributed by atoms with Gasteiger partial charge in [0.05, 0.1) is 5.41 Å². The summed E-state index contributed by atoms with van der Waals surface area (Å²) in [6.45, 7) is 3.64. The normalized spacial score (nSPS) is 15.7. The van der Waals surface area contributed by atoms with E-state index in [9.17, 15) is 4.57 Å². The monoisotopic (exact) mass is 644 g/mol. The average Bonchev–Trinajstić information content (AvgIpc) is 3.58. The molecule has 0 aromatic heterocycles. The Bertz CT molecular complexity index is 2700. The zero-order chi connectivity index (χ0) is 32.9. The van der Waals surface area contributed by atoms with E-state index in [0.717, 1.165) is 16.4 Å². The molecular weight excluding hydrogens is 611 g/mol. The van der Waals surface area contributed by atoms with Crippen molar-refractivity contribution in [1.82, 2.24) is 0 Å². The van der Waals surface area contributed by atoms with Gasteiger partial charge in [-0.05, 0) is 132 Å². The molecule has 1 unspecified atom stereocenters. The molecule has 0 bridgehead atoms. The molecule has 49 heavy (non-hydrogen) atoms. The van der Waals surface area contributed by atoms with E-state index < -0.39 is 12.6 Å². The van der Waals surface area contributed by atoms with Gasteiger partial charge >= 0.3 is 0 Å². The van der Waals surface area contributed by atoms with Crippen LogP contribution in [-0.4, -0.2) is 13.3 Å². The van der Waals surface area contributed by atoms with E-state index >= 15 is 0 Å². The van der Waals surface area contributed by atoms with Gasteiger partial charge in [0.2, 0.25) is 0 Å². The zero-order valence-corrected chi connectivity index (χ0v) is 28.3. The molecule has 10 rings (SSSR count). The molecule has 0 aliphatic heterocycles. The molecule has 1 nitrogen and oxygen atoms in total. The first-order valence-corrected chi connectivity index (χ1v) is 19.6. The lowest BCUT2D eigenvalue weighted by Gasteiger charge is -2.31. The molecule has 0 saturated carbocycles. The van der Waals surface area contributed by atoms with E-state index in [0.29, 0.717) is 0 Å². The number of rotatable bonds is 3. The van der Waals surface area contributed by atoms with Crippen molar-refractivity contribution >= 4 is 34.0 Å². The molecule has 1 atom stereocenters. The summed E-state index contributed by atoms with van der Waals surface area (Å²) >= 11 is 0. The molecule has 0 N–H and O–H groups in total. The van der Waals surface area contributed by atoms with E-state index in [2.05, 4.69) is 152 Å². The van der Waals surface area contributed by atoms with Crippen LogP contribution >= 0.6 is 7.14 Å². The van der Waals surface area contributed by atoms with Crippen molar-refractivity contribution in [2.75, 3.05) is 13.3 Å². The van der Waals surface area contributed by atoms with E-state index in [-0.39, 0.29) is 0 Å². The quantitative estimate of drug-likeness (QED) is 0.175. The molecule has 2 heteroatoms. The highest BCUT2D eigenvalue weighted by Gasteiger charge is 2.52. The van der Waals surface area contributed by atoms with Crippen molar-refractivity contribution in [2.24, 2.45) is 0 Å². The van der Waals surface area contributed by atoms with Crippen molar-refractivity contribution in [3.8, 4) is 44.5 Å². The van der Waals surface area contributed by atoms with Crippen LogP contribution in [0.1, 0.15) is 22.3 Å². The Labute approximate surface area is 286 Å². The van der Waals surface area contributed by atoms with E-state index in [1.54, 1.807) is 0 Å². The van der Waals surface area contributed by atoms with Crippen LogP contribution < -0.4 is 5.30 Å². The smallest absolute Gasteiger partial charge is 0.109 e. The molecular formula is C47H33OP. The summed E-state index contributed by atoms with van der Waals surface area (Å²) < 4.78 is 12.5. The molecule has 8 aromatic carbocycles. The molecule has 2 aliphatic rings.